The molecule has 0 aromatic heterocycles. The fraction of sp³-hybridized carbons (Fsp3) is 0.231. The van der Waals surface area contributed by atoms with E-state index in [-0.39, 0.29) is 11.8 Å². The van der Waals surface area contributed by atoms with Crippen LogP contribution in [0.1, 0.15) is 34.6 Å². The molecule has 0 radical (unpaired) electrons. The van der Waals surface area contributed by atoms with E-state index < -0.39 is 10.8 Å². The van der Waals surface area contributed by atoms with E-state index in [2.05, 4.69) is 17.1 Å². The number of hydrogen-bond acceptors (Lipinski definition) is 4. The van der Waals surface area contributed by atoms with Crippen molar-refractivity contribution in [3.8, 4) is 0 Å². The lowest BCUT2D eigenvalue weighted by molar-refractivity contribution is 0.0951. The largest absolute Gasteiger partial charge is 0.370 e. The van der Waals surface area contributed by atoms with Crippen molar-refractivity contribution in [2.45, 2.75) is 23.6 Å². The number of likely N-dealkylation sites (N-methyl/N-ethyl adjacent to an activating group) is 1. The number of fused-ring (bicyclic) bond motifs is 2. The van der Waals surface area contributed by atoms with E-state index in [4.69, 9.17) is 0 Å². The highest BCUT2D eigenvalue weighted by Crippen LogP contribution is 2.35. The van der Waals surface area contributed by atoms with Crippen LogP contribution in [0.2, 0.25) is 0 Å². The van der Waals surface area contributed by atoms with E-state index in [0.717, 1.165) is 12.2 Å². The number of nitrogens with one attached hydrogen (secondary N) is 1. The first-order chi connectivity index (χ1) is 16.0. The Morgan fingerprint density at radius 1 is 0.970 bits per heavy atom. The highest BCUT2D eigenvalue weighted by atomic mass is 32.2. The van der Waals surface area contributed by atoms with Gasteiger partial charge in [0.25, 0.3) is 11.8 Å². The summed E-state index contributed by atoms with van der Waals surface area (Å²) in [7, 11) is -1.51. The molecule has 170 valence electrons. The summed E-state index contributed by atoms with van der Waals surface area (Å²) in [5.41, 5.74) is 2.49. The lowest BCUT2D eigenvalue weighted by atomic mass is 10.1. The average Bonchev–Trinajstić information content (AvgIpc) is 2.95. The minimum Gasteiger partial charge on any atom is -0.370 e. The molecule has 0 fully saturated rings. The van der Waals surface area contributed by atoms with Gasteiger partial charge in [0.1, 0.15) is 0 Å². The standard InChI is InChI=1S/C26H27N3O3S/c1-3-28(20-10-6-5-7-11-20)17-16-27-25(30)19-14-15-24-22(18-19)29(4-2)26(31)21-12-8-9-13-23(21)33(24)32/h5-15,18H,3-4,16-17H2,1-2H3,(H,27,30)/t33-/m0/s1. The Morgan fingerprint density at radius 3 is 2.42 bits per heavy atom. The predicted octanol–water partition coefficient (Wildman–Crippen LogP) is 4.09. The molecule has 33 heavy (non-hydrogen) atoms. The number of rotatable bonds is 7. The lowest BCUT2D eigenvalue weighted by Crippen LogP contribution is -2.35. The molecule has 0 aliphatic carbocycles. The number of carbonyl (C=O) groups is 2. The highest BCUT2D eigenvalue weighted by molar-refractivity contribution is 7.85. The van der Waals surface area contributed by atoms with Crippen molar-refractivity contribution in [3.05, 3.63) is 83.9 Å². The number of carbonyl (C=O) groups excluding carboxylic acids is 2. The lowest BCUT2D eigenvalue weighted by Gasteiger charge is -2.23. The molecule has 1 heterocycles. The summed E-state index contributed by atoms with van der Waals surface area (Å²) in [6.45, 7) is 6.34. The third-order valence-corrected chi connectivity index (χ3v) is 7.26. The Bertz CT molecular complexity index is 1200. The van der Waals surface area contributed by atoms with Crippen LogP contribution in [0.5, 0.6) is 0 Å². The molecule has 1 atom stereocenters. The van der Waals surface area contributed by atoms with Crippen molar-refractivity contribution >= 4 is 34.0 Å². The molecular weight excluding hydrogens is 434 g/mol. The summed E-state index contributed by atoms with van der Waals surface area (Å²) in [6, 6.07) is 22.1. The van der Waals surface area contributed by atoms with Crippen molar-refractivity contribution in [2.75, 3.05) is 36.0 Å². The van der Waals surface area contributed by atoms with Gasteiger partial charge in [0, 0.05) is 37.4 Å². The first-order valence-electron chi connectivity index (χ1n) is 11.1. The number of nitrogens with zero attached hydrogens (tertiary/aromatic N) is 2. The van der Waals surface area contributed by atoms with Crippen molar-refractivity contribution in [1.29, 1.82) is 0 Å². The Kier molecular flexibility index (Phi) is 6.89. The van der Waals surface area contributed by atoms with Crippen LogP contribution in [0.4, 0.5) is 11.4 Å². The summed E-state index contributed by atoms with van der Waals surface area (Å²) >= 11 is 0. The number of hydrogen-bond donors (Lipinski definition) is 1. The molecule has 0 spiro atoms. The van der Waals surface area contributed by atoms with E-state index >= 15 is 0 Å². The molecule has 0 unspecified atom stereocenters. The topological polar surface area (TPSA) is 69.7 Å². The van der Waals surface area contributed by atoms with Crippen molar-refractivity contribution in [2.24, 2.45) is 0 Å². The fourth-order valence-corrected chi connectivity index (χ4v) is 5.38. The van der Waals surface area contributed by atoms with Gasteiger partial charge in [-0.05, 0) is 56.3 Å². The SMILES string of the molecule is CCN(CCNC(=O)c1ccc2c(c1)N(CC)C(=O)c1ccccc1[S@@]2=O)c1ccccc1. The molecule has 6 nitrogen and oxygen atoms in total. The van der Waals surface area contributed by atoms with Crippen molar-refractivity contribution < 1.29 is 13.8 Å². The number of benzene rings is 3. The summed E-state index contributed by atoms with van der Waals surface area (Å²) in [6.07, 6.45) is 0. The first kappa shape index (κ1) is 22.7. The minimum atomic E-state index is -1.51. The van der Waals surface area contributed by atoms with Gasteiger partial charge in [-0.2, -0.15) is 0 Å². The Hall–Kier alpha value is -3.45. The Labute approximate surface area is 196 Å². The Morgan fingerprint density at radius 2 is 1.70 bits per heavy atom. The molecule has 0 saturated carbocycles. The van der Waals surface area contributed by atoms with Gasteiger partial charge >= 0.3 is 0 Å². The molecule has 1 aliphatic rings. The van der Waals surface area contributed by atoms with Crippen LogP contribution in [0.15, 0.2) is 82.6 Å². The molecule has 1 N–H and O–H groups in total. The zero-order valence-corrected chi connectivity index (χ0v) is 19.6. The smallest absolute Gasteiger partial charge is 0.259 e. The third-order valence-electron chi connectivity index (χ3n) is 5.76. The normalized spacial score (nSPS) is 14.8. The summed E-state index contributed by atoms with van der Waals surface area (Å²) in [5.74, 6) is -0.433. The van der Waals surface area contributed by atoms with E-state index in [1.807, 2.05) is 37.3 Å². The van der Waals surface area contributed by atoms with Gasteiger partial charge in [-0.15, -0.1) is 0 Å². The summed E-state index contributed by atoms with van der Waals surface area (Å²) < 4.78 is 13.3. The minimum absolute atomic E-state index is 0.209. The molecule has 3 aromatic rings. The fourth-order valence-electron chi connectivity index (χ4n) is 4.03. The highest BCUT2D eigenvalue weighted by Gasteiger charge is 2.30. The van der Waals surface area contributed by atoms with Gasteiger partial charge in [-0.1, -0.05) is 30.3 Å². The van der Waals surface area contributed by atoms with Crippen molar-refractivity contribution in [1.82, 2.24) is 5.32 Å². The summed E-state index contributed by atoms with van der Waals surface area (Å²) in [4.78, 5) is 30.9. The maximum atomic E-state index is 13.3. The summed E-state index contributed by atoms with van der Waals surface area (Å²) in [5, 5.41) is 2.97. The van der Waals surface area contributed by atoms with E-state index in [0.29, 0.717) is 46.2 Å². The monoisotopic (exact) mass is 461 g/mol. The third kappa shape index (κ3) is 4.54. The van der Waals surface area contributed by atoms with Gasteiger partial charge in [0.2, 0.25) is 0 Å². The molecular formula is C26H27N3O3S. The van der Waals surface area contributed by atoms with Gasteiger partial charge in [0.05, 0.1) is 31.8 Å². The first-order valence-corrected chi connectivity index (χ1v) is 12.2. The molecule has 2 amide bonds. The molecule has 4 rings (SSSR count). The maximum Gasteiger partial charge on any atom is 0.259 e. The Balaban J connectivity index is 1.54. The number of amides is 2. The molecule has 0 bridgehead atoms. The zero-order chi connectivity index (χ0) is 23.4. The van der Waals surface area contributed by atoms with E-state index in [1.165, 1.54) is 0 Å². The van der Waals surface area contributed by atoms with Crippen LogP contribution >= 0.6 is 0 Å². The van der Waals surface area contributed by atoms with Crippen LogP contribution in [0.25, 0.3) is 0 Å². The molecule has 7 heteroatoms. The second kappa shape index (κ2) is 10.0. The van der Waals surface area contributed by atoms with Gasteiger partial charge in [-0.3, -0.25) is 9.59 Å². The number of para-hydroxylation sites is 1. The molecule has 3 aromatic carbocycles. The van der Waals surface area contributed by atoms with Gasteiger partial charge in [-0.25, -0.2) is 4.21 Å². The van der Waals surface area contributed by atoms with Crippen molar-refractivity contribution in [3.63, 3.8) is 0 Å². The molecule has 0 saturated heterocycles. The quantitative estimate of drug-likeness (QED) is 0.575. The van der Waals surface area contributed by atoms with Crippen LogP contribution < -0.4 is 15.1 Å². The predicted molar refractivity (Wildman–Crippen MR) is 132 cm³/mol. The maximum absolute atomic E-state index is 13.3. The second-order valence-corrected chi connectivity index (χ2v) is 9.09. The molecule has 1 aliphatic heterocycles. The zero-order valence-electron chi connectivity index (χ0n) is 18.8. The van der Waals surface area contributed by atoms with Crippen LogP contribution in [0, 0.1) is 0 Å². The number of anilines is 2. The van der Waals surface area contributed by atoms with E-state index in [1.54, 1.807) is 47.4 Å². The van der Waals surface area contributed by atoms with Crippen LogP contribution in [0.3, 0.4) is 0 Å². The van der Waals surface area contributed by atoms with Gasteiger partial charge in [0.15, 0.2) is 0 Å². The van der Waals surface area contributed by atoms with E-state index in [9.17, 15) is 13.8 Å². The second-order valence-electron chi connectivity index (χ2n) is 7.67. The van der Waals surface area contributed by atoms with Crippen LogP contribution in [-0.2, 0) is 10.8 Å². The van der Waals surface area contributed by atoms with Gasteiger partial charge < -0.3 is 15.1 Å². The average molecular weight is 462 g/mol. The van der Waals surface area contributed by atoms with Crippen LogP contribution in [-0.4, -0.2) is 42.2 Å².